The molecule has 1 aliphatic rings. The molecule has 0 fully saturated rings. The summed E-state index contributed by atoms with van der Waals surface area (Å²) in [5.74, 6) is -2.46. The lowest BCUT2D eigenvalue weighted by atomic mass is 9.81. The maximum absolute atomic E-state index is 13.0. The number of anilines is 1. The first kappa shape index (κ1) is 22.4. The number of benzene rings is 2. The van der Waals surface area contributed by atoms with Crippen molar-refractivity contribution in [2.45, 2.75) is 5.92 Å². The third-order valence-electron chi connectivity index (χ3n) is 5.55. The van der Waals surface area contributed by atoms with E-state index >= 15 is 0 Å². The van der Waals surface area contributed by atoms with Crippen molar-refractivity contribution in [1.82, 2.24) is 10.2 Å². The van der Waals surface area contributed by atoms with Crippen LogP contribution in [0.25, 0.3) is 11.3 Å². The highest BCUT2D eigenvalue weighted by molar-refractivity contribution is 6.06. The van der Waals surface area contributed by atoms with E-state index in [9.17, 15) is 14.9 Å². The smallest absolute Gasteiger partial charge is 0.355 e. The number of carbonyl (C=O) groups is 2. The number of rotatable bonds is 5. The van der Waals surface area contributed by atoms with Crippen molar-refractivity contribution in [1.29, 1.82) is 5.26 Å². The summed E-state index contributed by atoms with van der Waals surface area (Å²) in [5, 5.41) is 16.9. The van der Waals surface area contributed by atoms with E-state index < -0.39 is 17.9 Å². The van der Waals surface area contributed by atoms with Crippen molar-refractivity contribution in [2.75, 3.05) is 19.1 Å². The zero-order valence-electron chi connectivity index (χ0n) is 18.5. The predicted molar refractivity (Wildman–Crippen MR) is 124 cm³/mol. The number of ether oxygens (including phenoxy) is 2. The minimum Gasteiger partial charge on any atom is -0.466 e. The number of nitrogens with two attached hydrogens (primary N) is 1. The number of H-pyrrole nitrogens is 1. The van der Waals surface area contributed by atoms with Crippen LogP contribution in [0.3, 0.4) is 0 Å². The summed E-state index contributed by atoms with van der Waals surface area (Å²) in [6.07, 6.45) is 1.64. The number of allylic oxidation sites excluding steroid dienone is 1. The first-order valence-electron chi connectivity index (χ1n) is 10.3. The van der Waals surface area contributed by atoms with Gasteiger partial charge in [0.1, 0.15) is 11.5 Å². The van der Waals surface area contributed by atoms with Crippen LogP contribution >= 0.6 is 0 Å². The molecule has 3 aromatic rings. The van der Waals surface area contributed by atoms with Crippen molar-refractivity contribution in [3.05, 3.63) is 95.1 Å². The van der Waals surface area contributed by atoms with Gasteiger partial charge < -0.3 is 15.2 Å². The molecule has 170 valence electrons. The molecule has 3 N–H and O–H groups in total. The molecule has 2 heterocycles. The van der Waals surface area contributed by atoms with Gasteiger partial charge in [-0.1, -0.05) is 42.5 Å². The Bertz CT molecular complexity index is 1320. The molecule has 1 unspecified atom stereocenters. The summed E-state index contributed by atoms with van der Waals surface area (Å²) < 4.78 is 10.1. The number of nitrogens with one attached hydrogen (secondary N) is 1. The number of hydrogen-bond donors (Lipinski definition) is 2. The van der Waals surface area contributed by atoms with E-state index in [1.165, 1.54) is 19.1 Å². The van der Waals surface area contributed by atoms with Crippen molar-refractivity contribution in [3.8, 4) is 17.3 Å². The molecule has 9 heteroatoms. The first-order chi connectivity index (χ1) is 16.5. The molecule has 1 atom stereocenters. The van der Waals surface area contributed by atoms with Crippen LogP contribution in [0.4, 0.5) is 5.69 Å². The molecule has 4 rings (SSSR count). The molecular formula is C25H21N5O4. The molecule has 0 amide bonds. The molecule has 0 spiro atoms. The van der Waals surface area contributed by atoms with Crippen LogP contribution in [0.1, 0.15) is 11.5 Å². The van der Waals surface area contributed by atoms with Gasteiger partial charge in [0, 0.05) is 11.9 Å². The summed E-state index contributed by atoms with van der Waals surface area (Å²) in [6, 6.07) is 19.8. The molecule has 2 aromatic carbocycles. The predicted octanol–water partition coefficient (Wildman–Crippen LogP) is 2.97. The van der Waals surface area contributed by atoms with Gasteiger partial charge in [-0.05, 0) is 29.3 Å². The van der Waals surface area contributed by atoms with E-state index in [1.54, 1.807) is 54.7 Å². The Kier molecular flexibility index (Phi) is 6.14. The number of methoxy groups -OCH3 is 2. The van der Waals surface area contributed by atoms with Crippen LogP contribution in [0, 0.1) is 11.3 Å². The second-order valence-corrected chi connectivity index (χ2v) is 7.35. The quantitative estimate of drug-likeness (QED) is 0.561. The fourth-order valence-corrected chi connectivity index (χ4v) is 3.99. The number of hydrogen-bond acceptors (Lipinski definition) is 8. The van der Waals surface area contributed by atoms with Crippen LogP contribution in [0.2, 0.25) is 0 Å². The fraction of sp³-hybridized carbons (Fsp3) is 0.120. The third-order valence-corrected chi connectivity index (χ3v) is 5.55. The zero-order valence-corrected chi connectivity index (χ0v) is 18.5. The van der Waals surface area contributed by atoms with E-state index in [1.807, 2.05) is 12.1 Å². The van der Waals surface area contributed by atoms with Crippen LogP contribution in [-0.4, -0.2) is 36.4 Å². The average molecular weight is 455 g/mol. The van der Waals surface area contributed by atoms with Crippen molar-refractivity contribution in [3.63, 3.8) is 0 Å². The molecule has 0 bridgehead atoms. The van der Waals surface area contributed by atoms with Gasteiger partial charge in [0.05, 0.1) is 43.0 Å². The first-order valence-corrected chi connectivity index (χ1v) is 10.3. The van der Waals surface area contributed by atoms with Gasteiger partial charge in [-0.2, -0.15) is 10.4 Å². The minimum absolute atomic E-state index is 0.0127. The second-order valence-electron chi connectivity index (χ2n) is 7.35. The fourth-order valence-electron chi connectivity index (χ4n) is 3.99. The number of nitriles is 1. The molecule has 34 heavy (non-hydrogen) atoms. The Morgan fingerprint density at radius 1 is 1.03 bits per heavy atom. The highest BCUT2D eigenvalue weighted by Crippen LogP contribution is 2.43. The summed E-state index contributed by atoms with van der Waals surface area (Å²) in [7, 11) is 2.42. The van der Waals surface area contributed by atoms with Crippen LogP contribution < -0.4 is 10.6 Å². The molecule has 1 aromatic heterocycles. The van der Waals surface area contributed by atoms with E-state index in [-0.39, 0.29) is 22.7 Å². The lowest BCUT2D eigenvalue weighted by Crippen LogP contribution is -2.40. The number of aromatic nitrogens is 2. The standard InChI is InChI=1S/C25H21N5O4/c1-33-24(31)21-20(16-6-4-3-5-7-16)18(14-26)23(27)30(22(21)25(32)34-2)17-10-8-15(9-11-17)19-12-13-28-29-19/h3-13,20H,27H2,1-2H3,(H,28,29). The van der Waals surface area contributed by atoms with Gasteiger partial charge in [-0.3, -0.25) is 10.00 Å². The van der Waals surface area contributed by atoms with Gasteiger partial charge in [0.25, 0.3) is 0 Å². The van der Waals surface area contributed by atoms with Crippen molar-refractivity contribution < 1.29 is 19.1 Å². The van der Waals surface area contributed by atoms with Gasteiger partial charge in [-0.15, -0.1) is 0 Å². The zero-order chi connectivity index (χ0) is 24.2. The summed E-state index contributed by atoms with van der Waals surface area (Å²) in [4.78, 5) is 27.4. The van der Waals surface area contributed by atoms with Crippen LogP contribution in [0.15, 0.2) is 89.5 Å². The largest absolute Gasteiger partial charge is 0.466 e. The average Bonchev–Trinajstić information content (AvgIpc) is 3.42. The number of nitrogens with zero attached hydrogens (tertiary/aromatic N) is 3. The van der Waals surface area contributed by atoms with Gasteiger partial charge in [0.2, 0.25) is 0 Å². The third kappa shape index (κ3) is 3.78. The van der Waals surface area contributed by atoms with Gasteiger partial charge in [-0.25, -0.2) is 9.59 Å². The van der Waals surface area contributed by atoms with E-state index in [4.69, 9.17) is 15.2 Å². The van der Waals surface area contributed by atoms with E-state index in [0.29, 0.717) is 11.3 Å². The summed E-state index contributed by atoms with van der Waals surface area (Å²) >= 11 is 0. The Morgan fingerprint density at radius 2 is 1.71 bits per heavy atom. The van der Waals surface area contributed by atoms with E-state index in [0.717, 1.165) is 11.3 Å². The number of esters is 2. The highest BCUT2D eigenvalue weighted by atomic mass is 16.5. The van der Waals surface area contributed by atoms with Crippen molar-refractivity contribution in [2.24, 2.45) is 5.73 Å². The molecule has 0 saturated heterocycles. The molecule has 0 aliphatic carbocycles. The Morgan fingerprint density at radius 3 is 2.26 bits per heavy atom. The molecule has 0 radical (unpaired) electrons. The number of carbonyl (C=O) groups excluding carboxylic acids is 2. The maximum atomic E-state index is 13.0. The van der Waals surface area contributed by atoms with Crippen LogP contribution in [-0.2, 0) is 19.1 Å². The number of aromatic amines is 1. The highest BCUT2D eigenvalue weighted by Gasteiger charge is 2.42. The summed E-state index contributed by atoms with van der Waals surface area (Å²) in [5.41, 5.74) is 9.16. The monoisotopic (exact) mass is 455 g/mol. The van der Waals surface area contributed by atoms with E-state index in [2.05, 4.69) is 16.3 Å². The Hall–Kier alpha value is -4.84. The SMILES string of the molecule is COC(=O)C1=C(C(=O)OC)N(c2ccc(-c3ccn[nH]3)cc2)C(N)=C(C#N)C1c1ccccc1. The molecule has 0 saturated carbocycles. The second kappa shape index (κ2) is 9.34. The molecular weight excluding hydrogens is 434 g/mol. The van der Waals surface area contributed by atoms with Crippen molar-refractivity contribution >= 4 is 17.6 Å². The minimum atomic E-state index is -0.909. The summed E-state index contributed by atoms with van der Waals surface area (Å²) in [6.45, 7) is 0. The van der Waals surface area contributed by atoms with Crippen LogP contribution in [0.5, 0.6) is 0 Å². The lowest BCUT2D eigenvalue weighted by molar-refractivity contribution is -0.139. The van der Waals surface area contributed by atoms with Gasteiger partial charge in [0.15, 0.2) is 0 Å². The normalized spacial score (nSPS) is 15.7. The van der Waals surface area contributed by atoms with Gasteiger partial charge >= 0.3 is 11.9 Å². The topological polar surface area (TPSA) is 134 Å². The molecule has 1 aliphatic heterocycles. The Labute approximate surface area is 195 Å². The lowest BCUT2D eigenvalue weighted by Gasteiger charge is -2.35. The Balaban J connectivity index is 1.96. The maximum Gasteiger partial charge on any atom is 0.355 e. The molecule has 9 nitrogen and oxygen atoms in total.